The molecular formula is C5H12O3S. The molecule has 0 aromatic carbocycles. The summed E-state index contributed by atoms with van der Waals surface area (Å²) in [5.74, 6) is 0.0741. The van der Waals surface area contributed by atoms with Gasteiger partial charge in [0.25, 0.3) is 0 Å². The Balaban J connectivity index is 3.53. The molecule has 0 fully saturated rings. The van der Waals surface area contributed by atoms with Gasteiger partial charge in [0.2, 0.25) is 0 Å². The molecular weight excluding hydrogens is 140 g/mol. The van der Waals surface area contributed by atoms with Crippen LogP contribution in [0.15, 0.2) is 0 Å². The summed E-state index contributed by atoms with van der Waals surface area (Å²) in [6.45, 7) is 1.57. The van der Waals surface area contributed by atoms with Crippen LogP contribution in [0.4, 0.5) is 0 Å². The predicted molar refractivity (Wildman–Crippen MR) is 36.0 cm³/mol. The van der Waals surface area contributed by atoms with Crippen molar-refractivity contribution in [2.45, 2.75) is 19.4 Å². The molecule has 0 aromatic rings. The van der Waals surface area contributed by atoms with Gasteiger partial charge in [-0.2, -0.15) is 0 Å². The predicted octanol–water partition coefficient (Wildman–Crippen LogP) is -0.198. The molecule has 0 saturated carbocycles. The largest absolute Gasteiger partial charge is 0.393 e. The Labute approximate surface area is 55.6 Å². The van der Waals surface area contributed by atoms with Crippen molar-refractivity contribution in [1.82, 2.24) is 0 Å². The second-order valence-corrected chi connectivity index (χ2v) is 4.53. The third-order valence-corrected chi connectivity index (χ3v) is 1.88. The van der Waals surface area contributed by atoms with E-state index in [1.807, 2.05) is 0 Å². The van der Waals surface area contributed by atoms with Crippen LogP contribution in [0.5, 0.6) is 0 Å². The van der Waals surface area contributed by atoms with Crippen molar-refractivity contribution in [3.05, 3.63) is 0 Å². The average Bonchev–Trinajstić information content (AvgIpc) is 1.59. The van der Waals surface area contributed by atoms with Crippen LogP contribution in [0, 0.1) is 0 Å². The van der Waals surface area contributed by atoms with E-state index in [-0.39, 0.29) is 5.75 Å². The number of sulfone groups is 1. The van der Waals surface area contributed by atoms with Crippen molar-refractivity contribution in [1.29, 1.82) is 0 Å². The highest BCUT2D eigenvalue weighted by Gasteiger charge is 2.03. The first-order valence-electron chi connectivity index (χ1n) is 2.77. The maximum atomic E-state index is 10.4. The molecule has 0 aromatic heterocycles. The molecule has 0 radical (unpaired) electrons. The molecule has 0 spiro atoms. The lowest BCUT2D eigenvalue weighted by atomic mass is 10.3. The third kappa shape index (κ3) is 7.91. The van der Waals surface area contributed by atoms with E-state index < -0.39 is 15.9 Å². The van der Waals surface area contributed by atoms with Crippen molar-refractivity contribution in [2.24, 2.45) is 0 Å². The van der Waals surface area contributed by atoms with Gasteiger partial charge in [-0.15, -0.1) is 0 Å². The van der Waals surface area contributed by atoms with Crippen LogP contribution in [0.3, 0.4) is 0 Å². The molecule has 0 aliphatic rings. The highest BCUT2D eigenvalue weighted by atomic mass is 32.2. The van der Waals surface area contributed by atoms with E-state index >= 15 is 0 Å². The Hall–Kier alpha value is -0.0900. The zero-order chi connectivity index (χ0) is 7.49. The van der Waals surface area contributed by atoms with Gasteiger partial charge in [0.1, 0.15) is 9.84 Å². The number of hydrogen-bond acceptors (Lipinski definition) is 3. The Morgan fingerprint density at radius 1 is 1.56 bits per heavy atom. The molecule has 3 nitrogen and oxygen atoms in total. The monoisotopic (exact) mass is 152 g/mol. The summed E-state index contributed by atoms with van der Waals surface area (Å²) in [6, 6.07) is 0. The topological polar surface area (TPSA) is 54.4 Å². The number of hydrogen-bond donors (Lipinski definition) is 1. The molecule has 1 N–H and O–H groups in total. The van der Waals surface area contributed by atoms with Crippen LogP contribution in [0.25, 0.3) is 0 Å². The SMILES string of the molecule is C[C@H](O)CCS(C)(=O)=O. The van der Waals surface area contributed by atoms with Crippen molar-refractivity contribution in [3.8, 4) is 0 Å². The van der Waals surface area contributed by atoms with Gasteiger partial charge < -0.3 is 5.11 Å². The first kappa shape index (κ1) is 8.91. The van der Waals surface area contributed by atoms with E-state index in [9.17, 15) is 8.42 Å². The van der Waals surface area contributed by atoms with E-state index in [1.165, 1.54) is 0 Å². The van der Waals surface area contributed by atoms with Gasteiger partial charge in [-0.1, -0.05) is 0 Å². The fourth-order valence-corrected chi connectivity index (χ4v) is 1.15. The fourth-order valence-electron chi connectivity index (χ4n) is 0.385. The minimum Gasteiger partial charge on any atom is -0.393 e. The van der Waals surface area contributed by atoms with Crippen LogP contribution < -0.4 is 0 Å². The van der Waals surface area contributed by atoms with E-state index in [4.69, 9.17) is 5.11 Å². The van der Waals surface area contributed by atoms with Gasteiger partial charge in [-0.05, 0) is 13.3 Å². The minimum atomic E-state index is -2.88. The first-order chi connectivity index (χ1) is 3.92. The molecule has 0 unspecified atom stereocenters. The standard InChI is InChI=1S/C5H12O3S/c1-5(6)3-4-9(2,7)8/h5-6H,3-4H2,1-2H3/t5-/m0/s1. The Morgan fingerprint density at radius 2 is 2.00 bits per heavy atom. The van der Waals surface area contributed by atoms with Crippen LogP contribution in [0.2, 0.25) is 0 Å². The van der Waals surface area contributed by atoms with Crippen molar-refractivity contribution >= 4 is 9.84 Å². The van der Waals surface area contributed by atoms with E-state index in [0.29, 0.717) is 6.42 Å². The minimum absolute atomic E-state index is 0.0741. The normalized spacial score (nSPS) is 15.4. The Kier molecular flexibility index (Phi) is 3.14. The van der Waals surface area contributed by atoms with Crippen LogP contribution >= 0.6 is 0 Å². The van der Waals surface area contributed by atoms with E-state index in [2.05, 4.69) is 0 Å². The van der Waals surface area contributed by atoms with Gasteiger partial charge in [-0.25, -0.2) is 8.42 Å². The summed E-state index contributed by atoms with van der Waals surface area (Å²) in [7, 11) is -2.88. The van der Waals surface area contributed by atoms with Crippen LogP contribution in [0.1, 0.15) is 13.3 Å². The summed E-state index contributed by atoms with van der Waals surface area (Å²) < 4.78 is 20.8. The molecule has 0 amide bonds. The van der Waals surface area contributed by atoms with Gasteiger partial charge in [0, 0.05) is 6.26 Å². The molecule has 0 bridgehead atoms. The smallest absolute Gasteiger partial charge is 0.147 e. The average molecular weight is 152 g/mol. The second kappa shape index (κ2) is 3.17. The summed E-state index contributed by atoms with van der Waals surface area (Å²) >= 11 is 0. The van der Waals surface area contributed by atoms with Gasteiger partial charge in [0.05, 0.1) is 11.9 Å². The maximum Gasteiger partial charge on any atom is 0.147 e. The molecule has 0 heterocycles. The van der Waals surface area contributed by atoms with E-state index in [1.54, 1.807) is 6.92 Å². The molecule has 4 heteroatoms. The molecule has 0 aliphatic carbocycles. The lowest BCUT2D eigenvalue weighted by molar-refractivity contribution is 0.191. The summed E-state index contributed by atoms with van der Waals surface area (Å²) in [4.78, 5) is 0. The van der Waals surface area contributed by atoms with Crippen molar-refractivity contribution in [2.75, 3.05) is 12.0 Å². The highest BCUT2D eigenvalue weighted by Crippen LogP contribution is 1.93. The zero-order valence-electron chi connectivity index (χ0n) is 5.66. The van der Waals surface area contributed by atoms with Gasteiger partial charge in [-0.3, -0.25) is 0 Å². The van der Waals surface area contributed by atoms with Crippen LogP contribution in [-0.4, -0.2) is 31.6 Å². The maximum absolute atomic E-state index is 10.4. The first-order valence-corrected chi connectivity index (χ1v) is 4.83. The molecule has 1 atom stereocenters. The van der Waals surface area contributed by atoms with Crippen molar-refractivity contribution < 1.29 is 13.5 Å². The zero-order valence-corrected chi connectivity index (χ0v) is 6.48. The molecule has 0 saturated heterocycles. The number of aliphatic hydroxyl groups is 1. The lowest BCUT2D eigenvalue weighted by Crippen LogP contribution is -2.10. The number of aliphatic hydroxyl groups excluding tert-OH is 1. The number of rotatable bonds is 3. The Morgan fingerprint density at radius 3 is 2.11 bits per heavy atom. The van der Waals surface area contributed by atoms with Crippen molar-refractivity contribution in [3.63, 3.8) is 0 Å². The molecule has 9 heavy (non-hydrogen) atoms. The summed E-state index contributed by atoms with van der Waals surface area (Å²) in [5.41, 5.74) is 0. The highest BCUT2D eigenvalue weighted by molar-refractivity contribution is 7.90. The van der Waals surface area contributed by atoms with E-state index in [0.717, 1.165) is 6.26 Å². The van der Waals surface area contributed by atoms with Crippen LogP contribution in [-0.2, 0) is 9.84 Å². The third-order valence-electron chi connectivity index (χ3n) is 0.906. The molecule has 56 valence electrons. The lowest BCUT2D eigenvalue weighted by Gasteiger charge is -1.99. The molecule has 0 aliphatic heterocycles. The quantitative estimate of drug-likeness (QED) is 0.609. The molecule has 0 rings (SSSR count). The fraction of sp³-hybridized carbons (Fsp3) is 1.00. The Bertz CT molecular complexity index is 157. The second-order valence-electron chi connectivity index (χ2n) is 2.27. The van der Waals surface area contributed by atoms with Gasteiger partial charge in [0.15, 0.2) is 0 Å². The summed E-state index contributed by atoms with van der Waals surface area (Å²) in [5, 5.41) is 8.65. The van der Waals surface area contributed by atoms with Gasteiger partial charge >= 0.3 is 0 Å². The summed E-state index contributed by atoms with van der Waals surface area (Å²) in [6.07, 6.45) is 0.980.